The van der Waals surface area contributed by atoms with E-state index in [1.54, 1.807) is 0 Å². The number of halogens is 1. The Morgan fingerprint density at radius 1 is 0.667 bits per heavy atom. The highest BCUT2D eigenvalue weighted by atomic mass is 35.5. The molecule has 0 aliphatic rings. The minimum Gasteiger partial charge on any atom is -1.00 e. The third kappa shape index (κ3) is 4.95. The van der Waals surface area contributed by atoms with E-state index in [0.717, 1.165) is 6.42 Å². The first kappa shape index (κ1) is 18.3. The molecule has 0 saturated carbocycles. The molecule has 1 nitrogen and oxygen atoms in total. The molecule has 0 aliphatic heterocycles. The van der Waals surface area contributed by atoms with Crippen LogP contribution in [0.2, 0.25) is 0 Å². The van der Waals surface area contributed by atoms with Gasteiger partial charge in [0.15, 0.2) is 0 Å². The van der Waals surface area contributed by atoms with Crippen molar-refractivity contribution in [3.05, 3.63) is 108 Å². The molecule has 2 heteroatoms. The Hall–Kier alpha value is -2.09. The number of quaternary nitrogens is 1. The van der Waals surface area contributed by atoms with Gasteiger partial charge in [0, 0.05) is 17.5 Å². The quantitative estimate of drug-likeness (QED) is 0.698. The van der Waals surface area contributed by atoms with Crippen molar-refractivity contribution in [2.45, 2.75) is 25.4 Å². The first-order chi connectivity index (χ1) is 11.3. The summed E-state index contributed by atoms with van der Waals surface area (Å²) in [4.78, 5) is 0. The van der Waals surface area contributed by atoms with Crippen LogP contribution in [0.25, 0.3) is 0 Å². The normalized spacial score (nSPS) is 12.9. The average molecular weight is 338 g/mol. The van der Waals surface area contributed by atoms with Gasteiger partial charge < -0.3 is 17.7 Å². The lowest BCUT2D eigenvalue weighted by molar-refractivity contribution is -0.731. The van der Waals surface area contributed by atoms with E-state index in [2.05, 4.69) is 103 Å². The summed E-state index contributed by atoms with van der Waals surface area (Å²) in [5.74, 6) is 0. The van der Waals surface area contributed by atoms with Crippen molar-refractivity contribution >= 4 is 0 Å². The number of nitrogens with two attached hydrogens (primary N) is 1. The van der Waals surface area contributed by atoms with Gasteiger partial charge in [0.05, 0.1) is 0 Å². The van der Waals surface area contributed by atoms with Crippen LogP contribution in [0.3, 0.4) is 0 Å². The molecule has 0 fully saturated rings. The standard InChI is InChI=1S/C22H23N.ClH/c1-18(20-13-7-3-8-14-20)23-22(21-15-9-4-10-16-21)17-19-11-5-2-6-12-19;/h2-16,18,22-23H,17H2,1H3;1H/t18-,22+;/m1./s1. The lowest BCUT2D eigenvalue weighted by atomic mass is 9.97. The fraction of sp³-hybridized carbons (Fsp3) is 0.182. The highest BCUT2D eigenvalue weighted by molar-refractivity contribution is 5.22. The Kier molecular flexibility index (Phi) is 7.05. The SMILES string of the molecule is C[C@@H]([NH2+][C@@H](Cc1ccccc1)c1ccccc1)c1ccccc1.[Cl-]. The lowest BCUT2D eigenvalue weighted by Gasteiger charge is -2.21. The van der Waals surface area contributed by atoms with E-state index in [1.165, 1.54) is 16.7 Å². The monoisotopic (exact) mass is 337 g/mol. The second kappa shape index (κ2) is 9.27. The van der Waals surface area contributed by atoms with Crippen molar-refractivity contribution in [2.24, 2.45) is 0 Å². The molecule has 0 saturated heterocycles. The highest BCUT2D eigenvalue weighted by Gasteiger charge is 2.19. The third-order valence-corrected chi connectivity index (χ3v) is 4.37. The second-order valence-corrected chi connectivity index (χ2v) is 6.10. The molecule has 124 valence electrons. The summed E-state index contributed by atoms with van der Waals surface area (Å²) in [6, 6.07) is 33.2. The Balaban J connectivity index is 0.00000208. The van der Waals surface area contributed by atoms with Crippen LogP contribution in [0.15, 0.2) is 91.0 Å². The summed E-state index contributed by atoms with van der Waals surface area (Å²) in [6.45, 7) is 2.29. The smallest absolute Gasteiger partial charge is 0.116 e. The average Bonchev–Trinajstić information content (AvgIpc) is 2.63. The van der Waals surface area contributed by atoms with E-state index in [-0.39, 0.29) is 12.4 Å². The largest absolute Gasteiger partial charge is 1.00 e. The molecule has 3 aromatic carbocycles. The third-order valence-electron chi connectivity index (χ3n) is 4.37. The van der Waals surface area contributed by atoms with Gasteiger partial charge in [0.1, 0.15) is 12.1 Å². The minimum absolute atomic E-state index is 0. The summed E-state index contributed by atoms with van der Waals surface area (Å²) >= 11 is 0. The molecule has 0 radical (unpaired) electrons. The van der Waals surface area contributed by atoms with Gasteiger partial charge in [-0.15, -0.1) is 0 Å². The summed E-state index contributed by atoms with van der Waals surface area (Å²) < 4.78 is 0. The Labute approximate surface area is 151 Å². The molecule has 0 heterocycles. The van der Waals surface area contributed by atoms with E-state index < -0.39 is 0 Å². The van der Waals surface area contributed by atoms with Gasteiger partial charge in [-0.25, -0.2) is 0 Å². The number of hydrogen-bond acceptors (Lipinski definition) is 0. The first-order valence-electron chi connectivity index (χ1n) is 8.32. The molecule has 2 atom stereocenters. The number of hydrogen-bond donors (Lipinski definition) is 1. The molecule has 0 amide bonds. The second-order valence-electron chi connectivity index (χ2n) is 6.10. The number of rotatable bonds is 6. The Bertz CT molecular complexity index is 698. The summed E-state index contributed by atoms with van der Waals surface area (Å²) in [6.07, 6.45) is 1.04. The maximum absolute atomic E-state index is 2.48. The van der Waals surface area contributed by atoms with Crippen molar-refractivity contribution < 1.29 is 17.7 Å². The minimum atomic E-state index is 0. The van der Waals surface area contributed by atoms with Crippen molar-refractivity contribution in [1.82, 2.24) is 0 Å². The summed E-state index contributed by atoms with van der Waals surface area (Å²) in [5, 5.41) is 2.48. The van der Waals surface area contributed by atoms with Crippen LogP contribution in [0.4, 0.5) is 0 Å². The maximum Gasteiger partial charge on any atom is 0.116 e. The van der Waals surface area contributed by atoms with Gasteiger partial charge in [-0.2, -0.15) is 0 Å². The molecule has 3 rings (SSSR count). The zero-order chi connectivity index (χ0) is 15.9. The first-order valence-corrected chi connectivity index (χ1v) is 8.32. The molecule has 0 spiro atoms. The van der Waals surface area contributed by atoms with Crippen molar-refractivity contribution in [3.63, 3.8) is 0 Å². The fourth-order valence-corrected chi connectivity index (χ4v) is 3.08. The van der Waals surface area contributed by atoms with E-state index in [9.17, 15) is 0 Å². The lowest BCUT2D eigenvalue weighted by Crippen LogP contribution is -3.00. The van der Waals surface area contributed by atoms with Crippen LogP contribution in [0, 0.1) is 0 Å². The molecular weight excluding hydrogens is 314 g/mol. The molecule has 24 heavy (non-hydrogen) atoms. The van der Waals surface area contributed by atoms with Crippen molar-refractivity contribution in [1.29, 1.82) is 0 Å². The van der Waals surface area contributed by atoms with Crippen LogP contribution in [0.5, 0.6) is 0 Å². The predicted octanol–water partition coefficient (Wildman–Crippen LogP) is 1.30. The van der Waals surface area contributed by atoms with Crippen LogP contribution < -0.4 is 17.7 Å². The highest BCUT2D eigenvalue weighted by Crippen LogP contribution is 2.17. The van der Waals surface area contributed by atoms with E-state index >= 15 is 0 Å². The van der Waals surface area contributed by atoms with Gasteiger partial charge in [-0.05, 0) is 12.5 Å². The van der Waals surface area contributed by atoms with Crippen molar-refractivity contribution in [3.8, 4) is 0 Å². The molecule has 2 N–H and O–H groups in total. The molecule has 0 aliphatic carbocycles. The van der Waals surface area contributed by atoms with Crippen molar-refractivity contribution in [2.75, 3.05) is 0 Å². The molecule has 0 unspecified atom stereocenters. The predicted molar refractivity (Wildman–Crippen MR) is 96.1 cm³/mol. The Morgan fingerprint density at radius 2 is 1.12 bits per heavy atom. The molecule has 3 aromatic rings. The van der Waals surface area contributed by atoms with Gasteiger partial charge in [-0.1, -0.05) is 91.0 Å². The van der Waals surface area contributed by atoms with Crippen LogP contribution in [-0.4, -0.2) is 0 Å². The number of benzene rings is 3. The maximum atomic E-state index is 2.48. The molecular formula is C22H24ClN. The van der Waals surface area contributed by atoms with Crippen LogP contribution >= 0.6 is 0 Å². The fourth-order valence-electron chi connectivity index (χ4n) is 3.08. The molecule has 0 bridgehead atoms. The van der Waals surface area contributed by atoms with Gasteiger partial charge >= 0.3 is 0 Å². The summed E-state index contributed by atoms with van der Waals surface area (Å²) in [5.41, 5.74) is 4.15. The molecule has 0 aromatic heterocycles. The zero-order valence-corrected chi connectivity index (χ0v) is 14.7. The van der Waals surface area contributed by atoms with E-state index in [0.29, 0.717) is 12.1 Å². The van der Waals surface area contributed by atoms with E-state index in [4.69, 9.17) is 0 Å². The summed E-state index contributed by atoms with van der Waals surface area (Å²) in [7, 11) is 0. The van der Waals surface area contributed by atoms with Gasteiger partial charge in [0.2, 0.25) is 0 Å². The van der Waals surface area contributed by atoms with E-state index in [1.807, 2.05) is 0 Å². The van der Waals surface area contributed by atoms with Crippen LogP contribution in [0.1, 0.15) is 35.7 Å². The van der Waals surface area contributed by atoms with Gasteiger partial charge in [0.25, 0.3) is 0 Å². The van der Waals surface area contributed by atoms with Gasteiger partial charge in [-0.3, -0.25) is 0 Å². The van der Waals surface area contributed by atoms with Crippen LogP contribution in [-0.2, 0) is 6.42 Å². The Morgan fingerprint density at radius 3 is 1.67 bits per heavy atom. The zero-order valence-electron chi connectivity index (χ0n) is 14.0. The topological polar surface area (TPSA) is 16.6 Å².